The van der Waals surface area contributed by atoms with Gasteiger partial charge in [-0.25, -0.2) is 4.90 Å². The highest BCUT2D eigenvalue weighted by atomic mass is 19.4. The van der Waals surface area contributed by atoms with Crippen LogP contribution in [-0.4, -0.2) is 48.0 Å². The van der Waals surface area contributed by atoms with Gasteiger partial charge in [0, 0.05) is 5.69 Å². The van der Waals surface area contributed by atoms with Crippen molar-refractivity contribution in [3.63, 3.8) is 0 Å². The minimum atomic E-state index is -4.56. The zero-order valence-corrected chi connectivity index (χ0v) is 17.2. The second-order valence-corrected chi connectivity index (χ2v) is 7.26. The van der Waals surface area contributed by atoms with Crippen LogP contribution in [0.15, 0.2) is 58.9 Å². The van der Waals surface area contributed by atoms with E-state index in [0.717, 1.165) is 28.1 Å². The van der Waals surface area contributed by atoms with E-state index < -0.39 is 48.1 Å². The maximum Gasteiger partial charge on any atom is 0.416 e. The van der Waals surface area contributed by atoms with Crippen molar-refractivity contribution in [2.24, 2.45) is 10.3 Å². The molecule has 0 radical (unpaired) electrons. The molecule has 172 valence electrons. The summed E-state index contributed by atoms with van der Waals surface area (Å²) in [7, 11) is 0. The van der Waals surface area contributed by atoms with Crippen LogP contribution in [0.5, 0.6) is 5.75 Å². The Morgan fingerprint density at radius 1 is 1.12 bits per heavy atom. The van der Waals surface area contributed by atoms with Gasteiger partial charge in [-0.15, -0.1) is 0 Å². The Morgan fingerprint density at radius 2 is 1.85 bits per heavy atom. The van der Waals surface area contributed by atoms with Crippen LogP contribution in [0.3, 0.4) is 0 Å². The van der Waals surface area contributed by atoms with Crippen molar-refractivity contribution >= 4 is 29.1 Å². The number of halogens is 3. The molecular weight excluding hydrogens is 443 g/mol. The molecule has 2 aromatic rings. The fourth-order valence-corrected chi connectivity index (χ4v) is 3.59. The highest BCUT2D eigenvalue weighted by Crippen LogP contribution is 2.33. The summed E-state index contributed by atoms with van der Waals surface area (Å²) in [4.78, 5) is 39.1. The second kappa shape index (κ2) is 8.52. The van der Waals surface area contributed by atoms with Crippen molar-refractivity contribution in [2.45, 2.75) is 25.2 Å². The molecule has 33 heavy (non-hydrogen) atoms. The van der Waals surface area contributed by atoms with Crippen LogP contribution in [0.4, 0.5) is 24.5 Å². The smallest absolute Gasteiger partial charge is 0.416 e. The topological polar surface area (TPSA) is 104 Å². The first-order chi connectivity index (χ1) is 15.7. The molecule has 2 heterocycles. The first kappa shape index (κ1) is 22.2. The van der Waals surface area contributed by atoms with Gasteiger partial charge in [0.05, 0.1) is 17.9 Å². The molecule has 4 rings (SSSR count). The van der Waals surface area contributed by atoms with E-state index in [-0.39, 0.29) is 5.69 Å². The molecule has 2 aliphatic rings. The number of amides is 3. The third-order valence-electron chi connectivity index (χ3n) is 5.04. The highest BCUT2D eigenvalue weighted by Gasteiger charge is 2.55. The molecule has 0 aliphatic carbocycles. The molecule has 12 heteroatoms. The number of nitrogens with zero attached hydrogens (tertiary/aromatic N) is 4. The van der Waals surface area contributed by atoms with Crippen LogP contribution >= 0.6 is 0 Å². The summed E-state index contributed by atoms with van der Waals surface area (Å²) in [5.41, 5.74) is -0.650. The predicted molar refractivity (Wildman–Crippen MR) is 109 cm³/mol. The molecule has 9 nitrogen and oxygen atoms in total. The minimum Gasteiger partial charge on any atom is -0.494 e. The van der Waals surface area contributed by atoms with Crippen molar-refractivity contribution in [2.75, 3.05) is 23.4 Å². The zero-order valence-electron chi connectivity index (χ0n) is 17.2. The number of carbonyl (C=O) groups excluding carboxylic acids is 3. The Labute approximate surface area is 185 Å². The molecule has 2 aromatic carbocycles. The summed E-state index contributed by atoms with van der Waals surface area (Å²) >= 11 is 0. The summed E-state index contributed by atoms with van der Waals surface area (Å²) in [6.07, 6.45) is -4.56. The van der Waals surface area contributed by atoms with Crippen LogP contribution in [0.2, 0.25) is 0 Å². The largest absolute Gasteiger partial charge is 0.494 e. The number of hydrogen-bond acceptors (Lipinski definition) is 7. The van der Waals surface area contributed by atoms with E-state index >= 15 is 0 Å². The fraction of sp³-hybridized carbons (Fsp3) is 0.286. The molecule has 2 atom stereocenters. The van der Waals surface area contributed by atoms with Crippen LogP contribution in [0.25, 0.3) is 0 Å². The fourth-order valence-electron chi connectivity index (χ4n) is 3.59. The molecule has 0 spiro atoms. The highest BCUT2D eigenvalue weighted by molar-refractivity contribution is 6.25. The van der Waals surface area contributed by atoms with Crippen molar-refractivity contribution in [1.29, 1.82) is 0 Å². The number of ether oxygens (including phenoxy) is 1. The van der Waals surface area contributed by atoms with Gasteiger partial charge in [-0.2, -0.15) is 18.3 Å². The Kier molecular flexibility index (Phi) is 5.75. The number of benzene rings is 2. The number of rotatable bonds is 6. The molecule has 0 saturated carbocycles. The molecule has 0 unspecified atom stereocenters. The number of alkyl halides is 3. The molecule has 2 aliphatic heterocycles. The molecule has 0 aromatic heterocycles. The molecule has 1 N–H and O–H groups in total. The third kappa shape index (κ3) is 4.36. The number of carbonyl (C=O) groups is 3. The van der Waals surface area contributed by atoms with Crippen LogP contribution < -0.4 is 15.0 Å². The maximum atomic E-state index is 13.0. The summed E-state index contributed by atoms with van der Waals surface area (Å²) in [6.45, 7) is 1.81. The monoisotopic (exact) mass is 461 g/mol. The predicted octanol–water partition coefficient (Wildman–Crippen LogP) is 3.04. The molecule has 0 bridgehead atoms. The summed E-state index contributed by atoms with van der Waals surface area (Å²) in [5.74, 6) is -1.33. The van der Waals surface area contributed by atoms with Crippen LogP contribution in [-0.2, 0) is 20.6 Å². The van der Waals surface area contributed by atoms with Gasteiger partial charge in [-0.05, 0) is 49.4 Å². The normalized spacial score (nSPS) is 19.8. The van der Waals surface area contributed by atoms with Gasteiger partial charge in [-0.1, -0.05) is 11.3 Å². The second-order valence-electron chi connectivity index (χ2n) is 7.26. The lowest BCUT2D eigenvalue weighted by molar-refractivity contribution is -0.137. The summed E-state index contributed by atoms with van der Waals surface area (Å²) in [5, 5.41) is 11.0. The van der Waals surface area contributed by atoms with E-state index in [0.29, 0.717) is 18.0 Å². The van der Waals surface area contributed by atoms with Gasteiger partial charge in [0.25, 0.3) is 11.8 Å². The van der Waals surface area contributed by atoms with Crippen LogP contribution in [0, 0.1) is 0 Å². The molecule has 1 saturated heterocycles. The molecule has 1 fully saturated rings. The van der Waals surface area contributed by atoms with Crippen molar-refractivity contribution in [1.82, 2.24) is 5.01 Å². The zero-order chi connectivity index (χ0) is 23.8. The lowest BCUT2D eigenvalue weighted by Gasteiger charge is -2.20. The van der Waals surface area contributed by atoms with Gasteiger partial charge in [0.1, 0.15) is 12.3 Å². The van der Waals surface area contributed by atoms with E-state index in [2.05, 4.69) is 15.7 Å². The van der Waals surface area contributed by atoms with Gasteiger partial charge < -0.3 is 10.1 Å². The quantitative estimate of drug-likeness (QED) is 0.666. The van der Waals surface area contributed by atoms with Crippen molar-refractivity contribution in [3.05, 3.63) is 54.1 Å². The Bertz CT molecular complexity index is 1120. The number of anilines is 2. The minimum absolute atomic E-state index is 0.0626. The lowest BCUT2D eigenvalue weighted by atomic mass is 10.1. The average Bonchev–Trinajstić information content (AvgIpc) is 3.28. The number of imide groups is 1. The summed E-state index contributed by atoms with van der Waals surface area (Å²) in [6, 6.07) is 8.29. The van der Waals surface area contributed by atoms with Crippen LogP contribution in [0.1, 0.15) is 12.5 Å². The van der Waals surface area contributed by atoms with Gasteiger partial charge in [0.15, 0.2) is 12.1 Å². The van der Waals surface area contributed by atoms with Gasteiger partial charge in [-0.3, -0.25) is 19.4 Å². The van der Waals surface area contributed by atoms with E-state index in [1.807, 2.05) is 6.92 Å². The average molecular weight is 461 g/mol. The number of fused-ring (bicyclic) bond motifs is 1. The van der Waals surface area contributed by atoms with Crippen molar-refractivity contribution in [3.8, 4) is 5.75 Å². The molecule has 3 amide bonds. The third-order valence-corrected chi connectivity index (χ3v) is 5.04. The number of nitrogens with one attached hydrogen (secondary N) is 1. The van der Waals surface area contributed by atoms with Gasteiger partial charge in [0.2, 0.25) is 5.91 Å². The van der Waals surface area contributed by atoms with Gasteiger partial charge >= 0.3 is 6.18 Å². The maximum absolute atomic E-state index is 13.0. The lowest BCUT2D eigenvalue weighted by Crippen LogP contribution is -2.43. The summed E-state index contributed by atoms with van der Waals surface area (Å²) < 4.78 is 44.0. The number of hydrogen-bond donors (Lipinski definition) is 1. The molecular formula is C21H18F3N5O4. The van der Waals surface area contributed by atoms with E-state index in [4.69, 9.17) is 4.74 Å². The van der Waals surface area contributed by atoms with Crippen molar-refractivity contribution < 1.29 is 32.3 Å². The Hall–Kier alpha value is -3.96. The first-order valence-electron chi connectivity index (χ1n) is 9.94. The van der Waals surface area contributed by atoms with E-state index in [9.17, 15) is 27.6 Å². The standard InChI is InChI=1S/C21H18F3N5O4/c1-2-33-15-8-6-14(7-9-15)29-19(31)17-18(20(29)32)28(27-26-17)11-16(30)25-13-5-3-4-12(10-13)21(22,23)24/h3-10,17-18H,2,11H2,1H3,(H,25,30)/t17-,18+/m0/s1. The van der Waals surface area contributed by atoms with E-state index in [1.54, 1.807) is 24.3 Å². The Morgan fingerprint density at radius 3 is 2.52 bits per heavy atom. The Balaban J connectivity index is 1.45. The van der Waals surface area contributed by atoms with E-state index in [1.165, 1.54) is 6.07 Å². The SMILES string of the molecule is CCOc1ccc(N2C(=O)[C@H]3N=NN(CC(=O)Nc4cccc(C(F)(F)F)c4)[C@H]3C2=O)cc1. The first-order valence-corrected chi connectivity index (χ1v) is 9.94.